The number of ether oxygens (including phenoxy) is 7. The molecule has 24 atom stereocenters. The molecule has 4 saturated carbocycles. The zero-order valence-electron chi connectivity index (χ0n) is 68.4. The van der Waals surface area contributed by atoms with Gasteiger partial charge in [-0.25, -0.2) is 84.2 Å². The zero-order chi connectivity index (χ0) is 83.0. The molecule has 0 bridgehead atoms. The fraction of sp³-hybridized carbons (Fsp3) is 0.961. The predicted molar refractivity (Wildman–Crippen MR) is 337 cm³/mol. The van der Waals surface area contributed by atoms with E-state index in [0.29, 0.717) is 46.8 Å². The first-order chi connectivity index (χ1) is 50.6. The standard InChI is InChI=1S/C51H87N3O47S10.10Na/c1-26(2)8-6-9-27(3)32-12-13-33-31-11-10-28-20-30(14-16-50(28,4)34(31)15-17-51(32,33)5)86-22-29-21-54(53-52-29)18-7-19-85-47-44(42(98-108(73,74)75)39(96-106(67,68)69)36(90-47)24-88-103(58,59)60)94-48-45(100-110(79,80)81)41(38(95-105(64,65)66)35(91-48)23-87-102(55,56)57)93-49-46(101-111(82,83)84)43(99-109(76,77)78)40(97-107(70,71)72)37(92-49)25-89-104(61,62)63;;;;;;;;;;/h21,26-28,30-49H,6-20,22-25H2,1-5H3,(H,55,56,57)(H,58,59,60)(H,61,62,63)(H,64,65,66)(H,67,68,69)(H,70,71,72)(H,73,74,75)(H,76,77,78)(H,79,80,81)(H,82,83,84);;;;;;;;;;/q;10*+1/p-10/t27-,28+,30+,31+,32-,33+,34+,35-,36-,37-,38-,39-,40-,41+,42+,43+,44+,45+,46+,47+,48-,49-,50+,51-;;;;;;;;;;/m1........../s1. The van der Waals surface area contributed by atoms with Crippen LogP contribution in [0.4, 0.5) is 0 Å². The summed E-state index contributed by atoms with van der Waals surface area (Å²) in [5.74, 6) is 4.25. The van der Waals surface area contributed by atoms with Crippen LogP contribution in [0.15, 0.2) is 6.20 Å². The maximum atomic E-state index is 12.8. The monoisotopic (exact) mass is 2030 g/mol. The fourth-order valence-corrected chi connectivity index (χ4v) is 21.1. The van der Waals surface area contributed by atoms with Gasteiger partial charge in [0.2, 0.25) is 104 Å². The molecule has 0 aromatic carbocycles. The van der Waals surface area contributed by atoms with E-state index in [9.17, 15) is 130 Å². The average Bonchev–Trinajstić information content (AvgIpc) is 1.66. The first kappa shape index (κ1) is 133. The van der Waals surface area contributed by atoms with E-state index < -0.39 is 229 Å². The SMILES string of the molecule is CC(C)CCC[C@@H](C)[C@H]1CC[C@H]2[C@@H]3CC[C@H]4C[C@@H](OCc5cn(CCCO[C@H]6O[C@H](COS(=O)(=O)[O-])[C@@H](OS(=O)(=O)[O-])[C@H](OS(=O)(=O)[O-])[C@@H]6O[C@H]6O[C@H](COS(=O)(=O)[O-])[C@@H](OS(=O)(=O)[O-])[C@H](O[C@H]7O[C@H](COS(=O)(=O)[O-])[C@@H](OS(=O)(=O)[O-])[C@H](OS(=O)(=O)[O-])[C@@H]7OS(=O)(=O)[O-])[C@@H]6OS(=O)(=O)[O-])nn5)CC[C@]4(C)[C@H]3CC[C@]12C.[Na+].[Na+].[Na+].[Na+].[Na+].[Na+].[Na+].[Na+].[Na+].[Na+]. The predicted octanol–water partition coefficient (Wildman–Crippen LogP) is -34.0. The van der Waals surface area contributed by atoms with Crippen LogP contribution in [0.25, 0.3) is 0 Å². The van der Waals surface area contributed by atoms with Crippen LogP contribution in [0, 0.1) is 52.3 Å². The van der Waals surface area contributed by atoms with Crippen molar-refractivity contribution in [2.24, 2.45) is 52.3 Å². The van der Waals surface area contributed by atoms with E-state index in [2.05, 4.69) is 86.8 Å². The van der Waals surface area contributed by atoms with Crippen LogP contribution < -0.4 is 296 Å². The zero-order valence-corrected chi connectivity index (χ0v) is 96.6. The van der Waals surface area contributed by atoms with Crippen LogP contribution in [-0.4, -0.2) is 269 Å². The van der Waals surface area contributed by atoms with E-state index in [0.717, 1.165) is 38.5 Å². The molecule has 8 rings (SSSR count). The number of aromatic nitrogens is 3. The van der Waals surface area contributed by atoms with E-state index in [1.165, 1.54) is 49.4 Å². The van der Waals surface area contributed by atoms with Crippen molar-refractivity contribution in [1.82, 2.24) is 15.0 Å². The van der Waals surface area contributed by atoms with Crippen molar-refractivity contribution in [2.45, 2.75) is 229 Å². The second-order valence-corrected chi connectivity index (χ2v) is 38.5. The Morgan fingerprint density at radius 2 is 0.802 bits per heavy atom. The largest absolute Gasteiger partial charge is 1.00 e. The van der Waals surface area contributed by atoms with Crippen molar-refractivity contribution in [3.63, 3.8) is 0 Å². The van der Waals surface area contributed by atoms with E-state index in [-0.39, 0.29) is 326 Å². The molecule has 648 valence electrons. The average molecular weight is 2030 g/mol. The second-order valence-electron chi connectivity index (χ2n) is 28.3. The summed E-state index contributed by atoms with van der Waals surface area (Å²) in [5, 5.41) is 8.18. The van der Waals surface area contributed by atoms with Crippen LogP contribution in [0.1, 0.15) is 124 Å². The summed E-state index contributed by atoms with van der Waals surface area (Å²) in [7, 11) is -65.6. The molecule has 0 amide bonds. The summed E-state index contributed by atoms with van der Waals surface area (Å²) in [6.07, 6.45) is -38.6. The smallest absolute Gasteiger partial charge is 0.726 e. The molecule has 4 aliphatic carbocycles. The Hall–Kier alpha value is 7.56. The third-order valence-corrected chi connectivity index (χ3v) is 25.3. The number of nitrogens with zero attached hydrogens (tertiary/aromatic N) is 3. The molecule has 0 N–H and O–H groups in total. The molecule has 7 fully saturated rings. The van der Waals surface area contributed by atoms with Gasteiger partial charge in [0, 0.05) is 6.54 Å². The summed E-state index contributed by atoms with van der Waals surface area (Å²) in [6, 6.07) is 0. The van der Waals surface area contributed by atoms with E-state index in [4.69, 9.17) is 33.2 Å². The Kier molecular flexibility index (Phi) is 59.8. The molecule has 4 heterocycles. The van der Waals surface area contributed by atoms with Gasteiger partial charge in [0.25, 0.3) is 0 Å². The summed E-state index contributed by atoms with van der Waals surface area (Å²) in [4.78, 5) is 0. The molecule has 7 aliphatic rings. The Morgan fingerprint density at radius 1 is 0.421 bits per heavy atom. The molecule has 1 aromatic rings. The van der Waals surface area contributed by atoms with Gasteiger partial charge in [0.05, 0.1) is 45.3 Å². The van der Waals surface area contributed by atoms with Crippen molar-refractivity contribution >= 4 is 104 Å². The number of hydrogen-bond donors (Lipinski definition) is 0. The van der Waals surface area contributed by atoms with E-state index in [1.807, 2.05) is 0 Å². The van der Waals surface area contributed by atoms with Gasteiger partial charge in [0.1, 0.15) is 66.7 Å². The van der Waals surface area contributed by atoms with Crippen LogP contribution in [0.3, 0.4) is 0 Å². The van der Waals surface area contributed by atoms with Gasteiger partial charge in [-0.15, -0.1) is 5.10 Å². The molecular weight excluding hydrogens is 1960 g/mol. The van der Waals surface area contributed by atoms with Crippen LogP contribution in [0.5, 0.6) is 0 Å². The van der Waals surface area contributed by atoms with Gasteiger partial charge in [-0.2, -0.15) is 0 Å². The van der Waals surface area contributed by atoms with Gasteiger partial charge in [-0.3, -0.25) is 46.5 Å². The molecule has 50 nitrogen and oxygen atoms in total. The summed E-state index contributed by atoms with van der Waals surface area (Å²) in [6.45, 7) is 4.08. The first-order valence-corrected chi connectivity index (χ1v) is 46.7. The molecule has 1 aromatic heterocycles. The van der Waals surface area contributed by atoms with Gasteiger partial charge >= 0.3 is 296 Å². The fourth-order valence-electron chi connectivity index (χ4n) is 16.7. The van der Waals surface area contributed by atoms with E-state index >= 15 is 0 Å². The number of fused-ring (bicyclic) bond motifs is 5. The molecule has 121 heavy (non-hydrogen) atoms. The third kappa shape index (κ3) is 42.5. The Morgan fingerprint density at radius 3 is 1.23 bits per heavy atom. The quantitative estimate of drug-likeness (QED) is 0.0255. The van der Waals surface area contributed by atoms with Gasteiger partial charge in [-0.1, -0.05) is 59.1 Å². The Labute approximate surface area is 924 Å². The maximum Gasteiger partial charge on any atom is 1.00 e. The molecule has 3 aliphatic heterocycles. The first-order valence-electron chi connectivity index (χ1n) is 33.3. The molecule has 0 unspecified atom stereocenters. The Balaban J connectivity index is -0.0000139. The third-order valence-electron chi connectivity index (χ3n) is 20.8. The molecule has 0 radical (unpaired) electrons. The molecule has 0 spiro atoms. The van der Waals surface area contributed by atoms with Crippen molar-refractivity contribution in [3.05, 3.63) is 11.9 Å². The van der Waals surface area contributed by atoms with Crippen LogP contribution in [-0.2, 0) is 192 Å². The van der Waals surface area contributed by atoms with Crippen molar-refractivity contribution in [3.8, 4) is 0 Å². The van der Waals surface area contributed by atoms with Gasteiger partial charge < -0.3 is 78.7 Å². The Bertz CT molecular complexity index is 4610. The minimum atomic E-state index is -6.89. The number of hydrogen-bond acceptors (Lipinski definition) is 49. The maximum absolute atomic E-state index is 12.8. The van der Waals surface area contributed by atoms with E-state index in [1.54, 1.807) is 0 Å². The molecule has 70 heteroatoms. The summed E-state index contributed by atoms with van der Waals surface area (Å²) < 4.78 is 449. The minimum Gasteiger partial charge on any atom is -0.726 e. The normalized spacial score (nSPS) is 32.5. The number of aryl methyl sites for hydroxylation is 1. The van der Waals surface area contributed by atoms with Gasteiger partial charge in [0.15, 0.2) is 31.1 Å². The number of rotatable bonds is 40. The summed E-state index contributed by atoms with van der Waals surface area (Å²) >= 11 is 0. The van der Waals surface area contributed by atoms with Crippen LogP contribution >= 0.6 is 0 Å². The van der Waals surface area contributed by atoms with Gasteiger partial charge in [-0.05, 0) is 116 Å². The van der Waals surface area contributed by atoms with Crippen LogP contribution in [0.2, 0.25) is 0 Å². The van der Waals surface area contributed by atoms with Crippen molar-refractivity contribution in [2.75, 3.05) is 26.4 Å². The minimum absolute atomic E-state index is 0. The topological polar surface area (TPSA) is 760 Å². The van der Waals surface area contributed by atoms with Crippen molar-refractivity contribution in [1.29, 1.82) is 0 Å². The second kappa shape index (κ2) is 54.5. The molecule has 3 saturated heterocycles. The van der Waals surface area contributed by atoms with Crippen molar-refractivity contribution < 1.29 is 500 Å². The molecular formula is C51H77N3Na10O47S10. The summed E-state index contributed by atoms with van der Waals surface area (Å²) in [5.41, 5.74) is 0.682.